The molecule has 0 unspecified atom stereocenters. The average Bonchev–Trinajstić information content (AvgIpc) is 3.57. The van der Waals surface area contributed by atoms with Gasteiger partial charge in [-0.15, -0.1) is 29.0 Å². The van der Waals surface area contributed by atoms with Crippen LogP contribution >= 0.6 is 11.3 Å². The number of aromatic nitrogens is 1. The van der Waals surface area contributed by atoms with Crippen LogP contribution < -0.4 is 0 Å². The van der Waals surface area contributed by atoms with E-state index in [0.29, 0.717) is 5.56 Å². The van der Waals surface area contributed by atoms with Crippen molar-refractivity contribution in [1.29, 1.82) is 5.26 Å². The second-order valence-electron chi connectivity index (χ2n) is 9.90. The van der Waals surface area contributed by atoms with Gasteiger partial charge in [0.2, 0.25) is 0 Å². The molecule has 0 saturated carbocycles. The molecule has 2 nitrogen and oxygen atoms in total. The van der Waals surface area contributed by atoms with Gasteiger partial charge in [0.1, 0.15) is 0 Å². The van der Waals surface area contributed by atoms with E-state index in [1.165, 1.54) is 30.9 Å². The molecule has 4 heteroatoms. The van der Waals surface area contributed by atoms with Crippen LogP contribution in [0.4, 0.5) is 0 Å². The van der Waals surface area contributed by atoms with Crippen LogP contribution in [0.2, 0.25) is 0 Å². The Morgan fingerprint density at radius 2 is 1.46 bits per heavy atom. The molecular weight excluding hydrogens is 743 g/mol. The van der Waals surface area contributed by atoms with Crippen molar-refractivity contribution in [2.75, 3.05) is 0 Å². The Labute approximate surface area is 265 Å². The molecule has 2 aromatic heterocycles. The Morgan fingerprint density at radius 3 is 2.32 bits per heavy atom. The standard InChI is InChI=1S/C37H20N2S.U/c38-23-24-17-19-33(31(21-24)27-12-8-11-26(22-27)25-9-2-1-3-10-25)39-32-15-6-4-14-30(32)36-34(39)20-18-29-28-13-5-7-16-35(28)40-37(29)36;/h1-9,12-22H;/q-2;+2. The molecular formula is C37H20N2SU. The van der Waals surface area contributed by atoms with E-state index < -0.39 is 0 Å². The van der Waals surface area contributed by atoms with Gasteiger partial charge in [-0.25, -0.2) is 11.1 Å². The van der Waals surface area contributed by atoms with Crippen LogP contribution in [-0.2, 0) is 0 Å². The predicted octanol–water partition coefficient (Wildman–Crippen LogP) is 9.96. The van der Waals surface area contributed by atoms with Crippen molar-refractivity contribution in [3.8, 4) is 34.0 Å². The van der Waals surface area contributed by atoms with Gasteiger partial charge in [0.15, 0.2) is 0 Å². The molecule has 2 heterocycles. The van der Waals surface area contributed by atoms with Crippen LogP contribution in [-0.4, -0.2) is 4.57 Å². The van der Waals surface area contributed by atoms with Crippen molar-refractivity contribution in [2.24, 2.45) is 0 Å². The SMILES string of the molecule is N#Cc1ccc(-n2c3ccccc3c3c4sc5ccccc5c4ccc32)c(-c2cc[c-]c(-c3[c-]cccc3)c2)c1.[U+2]. The summed E-state index contributed by atoms with van der Waals surface area (Å²) >= 11 is 1.86. The van der Waals surface area contributed by atoms with E-state index >= 15 is 0 Å². The first kappa shape index (κ1) is 25.8. The number of thiophene rings is 1. The Bertz CT molecular complexity index is 2290. The van der Waals surface area contributed by atoms with Crippen molar-refractivity contribution in [3.05, 3.63) is 139 Å². The molecule has 0 amide bonds. The second kappa shape index (κ2) is 10.4. The smallest absolute Gasteiger partial charge is 0.309 e. The fourth-order valence-electron chi connectivity index (χ4n) is 5.88. The number of nitrogens with zero attached hydrogens (tertiary/aromatic N) is 2. The number of hydrogen-bond donors (Lipinski definition) is 0. The number of fused-ring (bicyclic) bond motifs is 7. The van der Waals surface area contributed by atoms with Gasteiger partial charge < -0.3 is 4.57 Å². The topological polar surface area (TPSA) is 28.7 Å². The molecule has 0 aliphatic carbocycles. The first-order valence-electron chi connectivity index (χ1n) is 13.2. The van der Waals surface area contributed by atoms with E-state index in [0.717, 1.165) is 39.0 Å². The minimum Gasteiger partial charge on any atom is -0.309 e. The third kappa shape index (κ3) is 4.13. The Morgan fingerprint density at radius 1 is 0.659 bits per heavy atom. The van der Waals surface area contributed by atoms with E-state index in [-0.39, 0.29) is 31.1 Å². The summed E-state index contributed by atoms with van der Waals surface area (Å²) in [6.07, 6.45) is 0. The molecule has 188 valence electrons. The maximum absolute atomic E-state index is 9.83. The zero-order valence-electron chi connectivity index (χ0n) is 21.8. The summed E-state index contributed by atoms with van der Waals surface area (Å²) in [7, 11) is 0. The molecule has 0 radical (unpaired) electrons. The van der Waals surface area contributed by atoms with E-state index in [9.17, 15) is 5.26 Å². The molecule has 0 bridgehead atoms. The minimum absolute atomic E-state index is 0. The molecule has 8 rings (SSSR count). The molecule has 6 aromatic carbocycles. The van der Waals surface area contributed by atoms with Gasteiger partial charge >= 0.3 is 31.1 Å². The number of rotatable bonds is 3. The fraction of sp³-hybridized carbons (Fsp3) is 0. The zero-order chi connectivity index (χ0) is 26.6. The van der Waals surface area contributed by atoms with Crippen LogP contribution in [0.25, 0.3) is 69.9 Å². The monoisotopic (exact) mass is 762 g/mol. The Kier molecular flexibility index (Phi) is 6.53. The number of nitriles is 1. The van der Waals surface area contributed by atoms with Gasteiger partial charge in [0.25, 0.3) is 0 Å². The van der Waals surface area contributed by atoms with E-state index in [1.807, 2.05) is 53.8 Å². The van der Waals surface area contributed by atoms with Crippen LogP contribution in [0.15, 0.2) is 121 Å². The maximum atomic E-state index is 9.83. The average molecular weight is 763 g/mol. The summed E-state index contributed by atoms with van der Waals surface area (Å²) < 4.78 is 4.96. The molecule has 0 saturated heterocycles. The summed E-state index contributed by atoms with van der Waals surface area (Å²) in [5, 5.41) is 14.9. The van der Waals surface area contributed by atoms with E-state index in [2.05, 4.69) is 102 Å². The second-order valence-corrected chi connectivity index (χ2v) is 11.0. The quantitative estimate of drug-likeness (QED) is 0.165. The number of para-hydroxylation sites is 1. The summed E-state index contributed by atoms with van der Waals surface area (Å²) in [6, 6.07) is 51.0. The molecule has 0 aliphatic heterocycles. The molecule has 8 aromatic rings. The summed E-state index contributed by atoms with van der Waals surface area (Å²) in [4.78, 5) is 0. The van der Waals surface area contributed by atoms with Gasteiger partial charge in [-0.2, -0.15) is 47.7 Å². The number of benzene rings is 6. The largest absolute Gasteiger partial charge is 2.00 e. The Hall–Kier alpha value is -4.12. The van der Waals surface area contributed by atoms with Crippen LogP contribution in [0.3, 0.4) is 0 Å². The van der Waals surface area contributed by atoms with Crippen molar-refractivity contribution < 1.29 is 31.1 Å². The van der Waals surface area contributed by atoms with Crippen LogP contribution in [0.5, 0.6) is 0 Å². The van der Waals surface area contributed by atoms with Crippen molar-refractivity contribution in [1.82, 2.24) is 4.57 Å². The van der Waals surface area contributed by atoms with E-state index in [4.69, 9.17) is 0 Å². The molecule has 0 N–H and O–H groups in total. The summed E-state index contributed by atoms with van der Waals surface area (Å²) in [5.41, 5.74) is 7.98. The van der Waals surface area contributed by atoms with Crippen LogP contribution in [0.1, 0.15) is 5.56 Å². The number of hydrogen-bond acceptors (Lipinski definition) is 2. The van der Waals surface area contributed by atoms with Gasteiger partial charge in [0.05, 0.1) is 28.4 Å². The van der Waals surface area contributed by atoms with Crippen LogP contribution in [0, 0.1) is 54.6 Å². The molecule has 0 aliphatic rings. The molecule has 41 heavy (non-hydrogen) atoms. The third-order valence-electron chi connectivity index (χ3n) is 7.66. The molecule has 0 spiro atoms. The van der Waals surface area contributed by atoms with Gasteiger partial charge in [0, 0.05) is 30.9 Å². The third-order valence-corrected chi connectivity index (χ3v) is 8.86. The van der Waals surface area contributed by atoms with Gasteiger partial charge in [-0.05, 0) is 42.0 Å². The summed E-state index contributed by atoms with van der Waals surface area (Å²) in [5.74, 6) is 0. The first-order valence-corrected chi connectivity index (χ1v) is 14.0. The first-order chi connectivity index (χ1) is 19.8. The van der Waals surface area contributed by atoms with Gasteiger partial charge in [-0.3, -0.25) is 0 Å². The summed E-state index contributed by atoms with van der Waals surface area (Å²) in [6.45, 7) is 0. The van der Waals surface area contributed by atoms with Crippen molar-refractivity contribution >= 4 is 53.3 Å². The van der Waals surface area contributed by atoms with Gasteiger partial charge in [-0.1, -0.05) is 42.5 Å². The maximum Gasteiger partial charge on any atom is 2.00 e. The fourth-order valence-corrected chi connectivity index (χ4v) is 7.14. The molecule has 0 fully saturated rings. The normalized spacial score (nSPS) is 11.2. The Balaban J connectivity index is 0.00000276. The predicted molar refractivity (Wildman–Crippen MR) is 167 cm³/mol. The minimum atomic E-state index is 0. The van der Waals surface area contributed by atoms with E-state index in [1.54, 1.807) is 0 Å². The van der Waals surface area contributed by atoms with Crippen molar-refractivity contribution in [3.63, 3.8) is 0 Å². The van der Waals surface area contributed by atoms with Crippen molar-refractivity contribution in [2.45, 2.75) is 0 Å². The zero-order valence-corrected chi connectivity index (χ0v) is 26.8. The molecule has 0 atom stereocenters.